The number of aromatic nitrogens is 2. The molecule has 3 saturated heterocycles. The molecule has 0 radical (unpaired) electrons. The molecule has 3 aliphatic heterocycles. The van der Waals surface area contributed by atoms with Crippen molar-refractivity contribution >= 4 is 40.8 Å². The van der Waals surface area contributed by atoms with E-state index in [-0.39, 0.29) is 35.9 Å². The van der Waals surface area contributed by atoms with Gasteiger partial charge in [-0.05, 0) is 37.5 Å². The van der Waals surface area contributed by atoms with Gasteiger partial charge in [0.25, 0.3) is 0 Å². The average Bonchev–Trinajstić information content (AvgIpc) is 3.35. The molecule has 0 saturated carbocycles. The lowest BCUT2D eigenvalue weighted by Gasteiger charge is -2.15. The van der Waals surface area contributed by atoms with E-state index in [9.17, 15) is 9.59 Å². The predicted molar refractivity (Wildman–Crippen MR) is 99.9 cm³/mol. The van der Waals surface area contributed by atoms with Gasteiger partial charge < -0.3 is 4.74 Å². The van der Waals surface area contributed by atoms with Crippen LogP contribution < -0.4 is 4.90 Å². The minimum absolute atomic E-state index is 0.127. The van der Waals surface area contributed by atoms with Crippen LogP contribution in [0.2, 0.25) is 10.0 Å². The number of amides is 2. The van der Waals surface area contributed by atoms with E-state index in [0.29, 0.717) is 22.4 Å². The van der Waals surface area contributed by atoms with Crippen molar-refractivity contribution in [1.29, 1.82) is 0 Å². The van der Waals surface area contributed by atoms with Crippen LogP contribution >= 0.6 is 23.2 Å². The van der Waals surface area contributed by atoms with Crippen LogP contribution in [0.5, 0.6) is 0 Å². The smallest absolute Gasteiger partial charge is 0.241 e. The van der Waals surface area contributed by atoms with Crippen LogP contribution in [0, 0.1) is 18.8 Å². The number of halogens is 2. The summed E-state index contributed by atoms with van der Waals surface area (Å²) in [6, 6.07) is 7.07. The Hall–Kier alpha value is -1.89. The molecule has 4 heterocycles. The van der Waals surface area contributed by atoms with E-state index >= 15 is 0 Å². The Morgan fingerprint density at radius 2 is 1.78 bits per heavy atom. The van der Waals surface area contributed by atoms with Gasteiger partial charge in [-0.1, -0.05) is 29.3 Å². The van der Waals surface area contributed by atoms with E-state index in [1.165, 1.54) is 4.90 Å². The van der Waals surface area contributed by atoms with Gasteiger partial charge in [-0.15, -0.1) is 0 Å². The summed E-state index contributed by atoms with van der Waals surface area (Å²) in [7, 11) is 0. The summed E-state index contributed by atoms with van der Waals surface area (Å²) < 4.78 is 7.52. The van der Waals surface area contributed by atoms with Crippen molar-refractivity contribution in [3.05, 3.63) is 45.6 Å². The van der Waals surface area contributed by atoms with E-state index in [1.807, 2.05) is 13.0 Å². The Kier molecular flexibility index (Phi) is 3.86. The van der Waals surface area contributed by atoms with E-state index in [0.717, 1.165) is 24.1 Å². The van der Waals surface area contributed by atoms with Crippen molar-refractivity contribution in [3.63, 3.8) is 0 Å². The third-order valence-corrected chi connectivity index (χ3v) is 6.40. The molecule has 1 aromatic carbocycles. The lowest BCUT2D eigenvalue weighted by Crippen LogP contribution is -2.34. The second-order valence-electron chi connectivity index (χ2n) is 7.39. The van der Waals surface area contributed by atoms with Gasteiger partial charge in [-0.3, -0.25) is 14.3 Å². The number of carbonyl (C=O) groups is 2. The summed E-state index contributed by atoms with van der Waals surface area (Å²) in [5.41, 5.74) is 1.70. The molecule has 6 nitrogen and oxygen atoms in total. The molecule has 4 atom stereocenters. The first kappa shape index (κ1) is 17.2. The molecule has 2 aromatic rings. The molecule has 4 unspecified atom stereocenters. The minimum Gasteiger partial charge on any atom is -0.373 e. The number of imide groups is 1. The fourth-order valence-electron chi connectivity index (χ4n) is 4.51. The number of fused-ring (bicyclic) bond motifs is 5. The Balaban J connectivity index is 1.44. The van der Waals surface area contributed by atoms with Crippen LogP contribution in [0.1, 0.15) is 24.1 Å². The zero-order valence-electron chi connectivity index (χ0n) is 14.6. The SMILES string of the molecule is Cc1cc(N2C(=O)C3C4CCC(O4)C3C2=O)nn1Cc1ccc(Cl)cc1Cl. The van der Waals surface area contributed by atoms with Crippen molar-refractivity contribution in [2.45, 2.75) is 38.5 Å². The number of ether oxygens (including phenoxy) is 1. The van der Waals surface area contributed by atoms with E-state index in [2.05, 4.69) is 5.10 Å². The molecule has 2 amide bonds. The Morgan fingerprint density at radius 3 is 2.41 bits per heavy atom. The number of benzene rings is 1. The van der Waals surface area contributed by atoms with Crippen LogP contribution in [-0.4, -0.2) is 33.8 Å². The van der Waals surface area contributed by atoms with Crippen molar-refractivity contribution < 1.29 is 14.3 Å². The van der Waals surface area contributed by atoms with Crippen LogP contribution in [-0.2, 0) is 20.9 Å². The van der Waals surface area contributed by atoms with Crippen LogP contribution in [0.25, 0.3) is 0 Å². The molecule has 2 bridgehead atoms. The maximum atomic E-state index is 12.9. The van der Waals surface area contributed by atoms with Crippen LogP contribution in [0.3, 0.4) is 0 Å². The first-order valence-electron chi connectivity index (χ1n) is 8.95. The zero-order chi connectivity index (χ0) is 18.9. The monoisotopic (exact) mass is 405 g/mol. The summed E-state index contributed by atoms with van der Waals surface area (Å²) in [6.45, 7) is 2.32. The number of rotatable bonds is 3. The molecule has 0 spiro atoms. The van der Waals surface area contributed by atoms with Crippen molar-refractivity contribution in [1.82, 2.24) is 9.78 Å². The number of hydrogen-bond acceptors (Lipinski definition) is 4. The molecule has 1 aromatic heterocycles. The maximum absolute atomic E-state index is 12.9. The topological polar surface area (TPSA) is 64.4 Å². The molecule has 140 valence electrons. The minimum atomic E-state index is -0.354. The number of hydrogen-bond donors (Lipinski definition) is 0. The number of nitrogens with zero attached hydrogens (tertiary/aromatic N) is 3. The molecule has 27 heavy (non-hydrogen) atoms. The highest BCUT2D eigenvalue weighted by atomic mass is 35.5. The molecule has 0 N–H and O–H groups in total. The first-order chi connectivity index (χ1) is 12.9. The molecule has 5 rings (SSSR count). The fraction of sp³-hybridized carbons (Fsp3) is 0.421. The summed E-state index contributed by atoms with van der Waals surface area (Å²) in [6.07, 6.45) is 1.44. The third kappa shape index (κ3) is 2.54. The molecule has 3 aliphatic rings. The van der Waals surface area contributed by atoms with Gasteiger partial charge >= 0.3 is 0 Å². The van der Waals surface area contributed by atoms with Gasteiger partial charge in [0.1, 0.15) is 0 Å². The summed E-state index contributed by atoms with van der Waals surface area (Å²) >= 11 is 12.2. The largest absolute Gasteiger partial charge is 0.373 e. The predicted octanol–water partition coefficient (Wildman–Crippen LogP) is 3.21. The molecule has 0 aliphatic carbocycles. The van der Waals surface area contributed by atoms with E-state index < -0.39 is 0 Å². The molecular formula is C19H17Cl2N3O3. The van der Waals surface area contributed by atoms with Crippen LogP contribution in [0.4, 0.5) is 5.82 Å². The fourth-order valence-corrected chi connectivity index (χ4v) is 4.98. The summed E-state index contributed by atoms with van der Waals surface area (Å²) in [4.78, 5) is 27.0. The lowest BCUT2D eigenvalue weighted by molar-refractivity contribution is -0.124. The molecule has 8 heteroatoms. The molecular weight excluding hydrogens is 389 g/mol. The second kappa shape index (κ2) is 6.06. The third-order valence-electron chi connectivity index (χ3n) is 5.82. The maximum Gasteiger partial charge on any atom is 0.241 e. The number of anilines is 1. The van der Waals surface area contributed by atoms with Crippen molar-refractivity contribution in [2.24, 2.45) is 11.8 Å². The quantitative estimate of drug-likeness (QED) is 0.735. The van der Waals surface area contributed by atoms with Gasteiger partial charge in [0.2, 0.25) is 11.8 Å². The van der Waals surface area contributed by atoms with Crippen LogP contribution in [0.15, 0.2) is 24.3 Å². The Labute approximate surface area is 166 Å². The van der Waals surface area contributed by atoms with Gasteiger partial charge in [-0.2, -0.15) is 5.10 Å². The second-order valence-corrected chi connectivity index (χ2v) is 8.23. The van der Waals surface area contributed by atoms with Crippen molar-refractivity contribution in [3.8, 4) is 0 Å². The van der Waals surface area contributed by atoms with Gasteiger partial charge in [0.15, 0.2) is 5.82 Å². The first-order valence-corrected chi connectivity index (χ1v) is 9.71. The van der Waals surface area contributed by atoms with Gasteiger partial charge in [0, 0.05) is 21.8 Å². The van der Waals surface area contributed by atoms with Gasteiger partial charge in [0.05, 0.1) is 30.6 Å². The summed E-state index contributed by atoms with van der Waals surface area (Å²) in [5.74, 6) is -0.709. The van der Waals surface area contributed by atoms with E-state index in [4.69, 9.17) is 27.9 Å². The lowest BCUT2D eigenvalue weighted by atomic mass is 9.81. The highest BCUT2D eigenvalue weighted by molar-refractivity contribution is 6.35. The Bertz CT molecular complexity index is 945. The van der Waals surface area contributed by atoms with E-state index in [1.54, 1.807) is 22.9 Å². The number of aryl methyl sites for hydroxylation is 1. The van der Waals surface area contributed by atoms with Crippen molar-refractivity contribution in [2.75, 3.05) is 4.90 Å². The normalized spacial score (nSPS) is 29.1. The number of carbonyl (C=O) groups excluding carboxylic acids is 2. The zero-order valence-corrected chi connectivity index (χ0v) is 16.1. The standard InChI is InChI=1S/C19H17Cl2N3O3/c1-9-6-15(22-23(9)8-10-2-3-11(20)7-12(10)21)24-18(25)16-13-4-5-14(27-13)17(16)19(24)26/h2-3,6-7,13-14,16-17H,4-5,8H2,1H3. The highest BCUT2D eigenvalue weighted by Crippen LogP contribution is 2.49. The van der Waals surface area contributed by atoms with Gasteiger partial charge in [-0.25, -0.2) is 4.90 Å². The molecule has 3 fully saturated rings. The average molecular weight is 406 g/mol. The summed E-state index contributed by atoms with van der Waals surface area (Å²) in [5, 5.41) is 5.64. The Morgan fingerprint density at radius 1 is 1.11 bits per heavy atom. The highest BCUT2D eigenvalue weighted by Gasteiger charge is 2.63.